The summed E-state index contributed by atoms with van der Waals surface area (Å²) < 4.78 is 5.35. The highest BCUT2D eigenvalue weighted by atomic mass is 35.5. The Morgan fingerprint density at radius 1 is 1.09 bits per heavy atom. The lowest BCUT2D eigenvalue weighted by molar-refractivity contribution is 0.191. The van der Waals surface area contributed by atoms with E-state index in [9.17, 15) is 0 Å². The average Bonchev–Trinajstić information content (AvgIpc) is 3.48. The Balaban J connectivity index is 1.24. The maximum atomic E-state index is 6.63. The number of methoxy groups -OCH3 is 1. The SMILES string of the molecule is COCCC(/C=C/C1=C=CC(Nc2ccc(C3=CCCC(C4=CCCN(C)CC4)CC3)c(C)c2)=NC=C1Cl)c1ccccc1. The Bertz CT molecular complexity index is 1510. The Hall–Kier alpha value is -3.40. The molecule has 0 saturated carbocycles. The van der Waals surface area contributed by atoms with Gasteiger partial charge in [-0.3, -0.25) is 0 Å². The van der Waals surface area contributed by atoms with E-state index in [1.165, 1.54) is 61.0 Å². The molecule has 0 radical (unpaired) electrons. The number of hydrogen-bond acceptors (Lipinski definition) is 4. The van der Waals surface area contributed by atoms with E-state index in [4.69, 9.17) is 16.3 Å². The third kappa shape index (κ3) is 8.83. The van der Waals surface area contributed by atoms with Gasteiger partial charge in [-0.05, 0) is 105 Å². The van der Waals surface area contributed by atoms with Crippen LogP contribution in [0.3, 0.4) is 0 Å². The zero-order valence-electron chi connectivity index (χ0n) is 26.5. The van der Waals surface area contributed by atoms with Crippen molar-refractivity contribution in [1.82, 2.24) is 4.90 Å². The fourth-order valence-electron chi connectivity index (χ4n) is 6.45. The van der Waals surface area contributed by atoms with E-state index in [1.54, 1.807) is 18.9 Å². The van der Waals surface area contributed by atoms with Crippen LogP contribution in [0, 0.1) is 12.8 Å². The number of nitrogens with zero attached hydrogens (tertiary/aromatic N) is 2. The van der Waals surface area contributed by atoms with Crippen molar-refractivity contribution in [2.45, 2.75) is 57.8 Å². The van der Waals surface area contributed by atoms with Crippen LogP contribution in [0.1, 0.15) is 67.6 Å². The summed E-state index contributed by atoms with van der Waals surface area (Å²) in [5.74, 6) is 1.65. The Kier molecular flexibility index (Phi) is 11.7. The summed E-state index contributed by atoms with van der Waals surface area (Å²) in [6.45, 7) is 5.27. The highest BCUT2D eigenvalue weighted by Crippen LogP contribution is 2.36. The zero-order chi connectivity index (χ0) is 30.7. The largest absolute Gasteiger partial charge is 0.385 e. The Morgan fingerprint density at radius 2 is 1.95 bits per heavy atom. The van der Waals surface area contributed by atoms with Gasteiger partial charge in [-0.1, -0.05) is 71.8 Å². The van der Waals surface area contributed by atoms with E-state index >= 15 is 0 Å². The number of amidine groups is 1. The number of aryl methyl sites for hydroxylation is 1. The molecule has 0 amide bonds. The molecule has 0 bridgehead atoms. The molecular weight excluding hydrogens is 562 g/mol. The number of hydrogen-bond donors (Lipinski definition) is 1. The zero-order valence-corrected chi connectivity index (χ0v) is 27.2. The van der Waals surface area contributed by atoms with Crippen LogP contribution in [0.2, 0.25) is 0 Å². The van der Waals surface area contributed by atoms with Gasteiger partial charge in [0, 0.05) is 56.3 Å². The molecule has 2 aromatic carbocycles. The summed E-state index contributed by atoms with van der Waals surface area (Å²) in [5.41, 5.74) is 12.2. The predicted octanol–water partition coefficient (Wildman–Crippen LogP) is 9.58. The fourth-order valence-corrected chi connectivity index (χ4v) is 6.62. The van der Waals surface area contributed by atoms with E-state index < -0.39 is 0 Å². The van der Waals surface area contributed by atoms with Crippen LogP contribution >= 0.6 is 11.6 Å². The molecule has 0 fully saturated rings. The number of halogens is 1. The lowest BCUT2D eigenvalue weighted by atomic mass is 9.87. The first-order chi connectivity index (χ1) is 21.5. The summed E-state index contributed by atoms with van der Waals surface area (Å²) in [7, 11) is 3.98. The second-order valence-electron chi connectivity index (χ2n) is 12.2. The number of anilines is 1. The third-order valence-corrected chi connectivity index (χ3v) is 9.33. The molecule has 3 aliphatic rings. The van der Waals surface area contributed by atoms with Crippen LogP contribution in [0.4, 0.5) is 5.69 Å². The first-order valence-corrected chi connectivity index (χ1v) is 16.4. The van der Waals surface area contributed by atoms with Crippen molar-refractivity contribution in [2.24, 2.45) is 10.9 Å². The van der Waals surface area contributed by atoms with Crippen molar-refractivity contribution in [3.8, 4) is 0 Å². The van der Waals surface area contributed by atoms with Gasteiger partial charge < -0.3 is 15.0 Å². The first-order valence-electron chi connectivity index (χ1n) is 16.1. The van der Waals surface area contributed by atoms with Gasteiger partial charge >= 0.3 is 0 Å². The topological polar surface area (TPSA) is 36.9 Å². The number of ether oxygens (including phenoxy) is 1. The van der Waals surface area contributed by atoms with Gasteiger partial charge in [0.05, 0.1) is 5.03 Å². The molecule has 4 nitrogen and oxygen atoms in total. The van der Waals surface area contributed by atoms with Crippen LogP contribution in [-0.4, -0.2) is 44.6 Å². The summed E-state index contributed by atoms with van der Waals surface area (Å²) in [5, 5.41) is 4.03. The smallest absolute Gasteiger partial charge is 0.138 e. The number of allylic oxidation sites excluding steroid dienone is 5. The van der Waals surface area contributed by atoms with E-state index in [-0.39, 0.29) is 5.92 Å². The first kappa shape index (κ1) is 32.0. The van der Waals surface area contributed by atoms with E-state index in [2.05, 4.69) is 95.6 Å². The molecule has 2 aliphatic heterocycles. The molecule has 0 aromatic heterocycles. The molecule has 230 valence electrons. The van der Waals surface area contributed by atoms with E-state index in [0.717, 1.165) is 36.4 Å². The average molecular weight is 608 g/mol. The van der Waals surface area contributed by atoms with Crippen molar-refractivity contribution < 1.29 is 4.74 Å². The summed E-state index contributed by atoms with van der Waals surface area (Å²) in [6.07, 6.45) is 20.9. The van der Waals surface area contributed by atoms with Crippen molar-refractivity contribution in [2.75, 3.05) is 39.2 Å². The predicted molar refractivity (Wildman–Crippen MR) is 187 cm³/mol. The number of rotatable bonds is 9. The minimum absolute atomic E-state index is 0.226. The molecule has 5 heteroatoms. The second kappa shape index (κ2) is 16.1. The lowest BCUT2D eigenvalue weighted by Crippen LogP contribution is -2.19. The van der Waals surface area contributed by atoms with Gasteiger partial charge in [-0.15, -0.1) is 5.73 Å². The minimum atomic E-state index is 0.226. The molecule has 0 spiro atoms. The molecule has 1 aliphatic carbocycles. The normalized spacial score (nSPS) is 20.5. The molecule has 2 atom stereocenters. The van der Waals surface area contributed by atoms with E-state index in [1.807, 2.05) is 18.2 Å². The van der Waals surface area contributed by atoms with Gasteiger partial charge in [0.25, 0.3) is 0 Å². The molecular formula is C39H46ClN3O. The van der Waals surface area contributed by atoms with Crippen molar-refractivity contribution in [1.29, 1.82) is 0 Å². The molecule has 1 N–H and O–H groups in total. The number of benzene rings is 2. The fraction of sp³-hybridized carbons (Fsp3) is 0.385. The Morgan fingerprint density at radius 3 is 2.77 bits per heavy atom. The third-order valence-electron chi connectivity index (χ3n) is 9.03. The monoisotopic (exact) mass is 607 g/mol. The number of nitrogens with one attached hydrogen (secondary N) is 1. The standard InChI is InChI=1S/C39H46ClN3O/c1-29-27-36(19-20-37(29)34-12-7-11-31(14-16-34)32-13-8-24-43(2)25-22-32)42-39-21-18-35(38(40)28-41-39)17-15-33(23-26-44-3)30-9-5-4-6-10-30/h4-6,9-10,12-13,15,17,19-21,27-28,31,33H,7-8,11,14,16,22-26H2,1-3H3,(H,41,42)/b17-15+. The van der Waals surface area contributed by atoms with Crippen LogP contribution in [0.25, 0.3) is 5.57 Å². The molecule has 2 unspecified atom stereocenters. The molecule has 44 heavy (non-hydrogen) atoms. The van der Waals surface area contributed by atoms with E-state index in [0.29, 0.717) is 17.5 Å². The quantitative estimate of drug-likeness (QED) is 0.228. The molecule has 0 saturated heterocycles. The Labute approximate surface area is 269 Å². The summed E-state index contributed by atoms with van der Waals surface area (Å²) in [4.78, 5) is 7.06. The number of aliphatic imine (C=N–C) groups is 1. The highest BCUT2D eigenvalue weighted by Gasteiger charge is 2.20. The second-order valence-corrected chi connectivity index (χ2v) is 12.6. The molecule has 2 aromatic rings. The highest BCUT2D eigenvalue weighted by molar-refractivity contribution is 6.32. The van der Waals surface area contributed by atoms with Crippen LogP contribution in [0.5, 0.6) is 0 Å². The van der Waals surface area contributed by atoms with Gasteiger partial charge in [-0.25, -0.2) is 4.99 Å². The summed E-state index contributed by atoms with van der Waals surface area (Å²) >= 11 is 6.63. The van der Waals surface area contributed by atoms with Crippen molar-refractivity contribution >= 4 is 28.7 Å². The molecule has 5 rings (SSSR count). The maximum Gasteiger partial charge on any atom is 0.138 e. The van der Waals surface area contributed by atoms with Crippen LogP contribution in [-0.2, 0) is 4.74 Å². The lowest BCUT2D eigenvalue weighted by Gasteiger charge is -2.19. The van der Waals surface area contributed by atoms with Gasteiger partial charge in [-0.2, -0.15) is 0 Å². The minimum Gasteiger partial charge on any atom is -0.385 e. The van der Waals surface area contributed by atoms with Crippen molar-refractivity contribution in [3.63, 3.8) is 0 Å². The summed E-state index contributed by atoms with van der Waals surface area (Å²) in [6, 6.07) is 17.1. The van der Waals surface area contributed by atoms with Gasteiger partial charge in [0.2, 0.25) is 0 Å². The van der Waals surface area contributed by atoms with Gasteiger partial charge in [0.15, 0.2) is 0 Å². The van der Waals surface area contributed by atoms with Gasteiger partial charge in [0.1, 0.15) is 5.84 Å². The van der Waals surface area contributed by atoms with Crippen LogP contribution < -0.4 is 5.32 Å². The molecule has 2 heterocycles. The van der Waals surface area contributed by atoms with Crippen molar-refractivity contribution in [3.05, 3.63) is 124 Å². The van der Waals surface area contributed by atoms with Crippen LogP contribution in [0.15, 0.2) is 112 Å². The maximum absolute atomic E-state index is 6.63.